The summed E-state index contributed by atoms with van der Waals surface area (Å²) in [5, 5.41) is 2.52. The van der Waals surface area contributed by atoms with Gasteiger partial charge in [0.25, 0.3) is 0 Å². The van der Waals surface area contributed by atoms with Gasteiger partial charge in [-0.05, 0) is 127 Å². The van der Waals surface area contributed by atoms with Crippen molar-refractivity contribution in [2.45, 2.75) is 99.3 Å². The molecule has 7 rings (SSSR count). The Morgan fingerprint density at radius 2 is 1.31 bits per heavy atom. The molecule has 0 saturated carbocycles. The zero-order valence-electron chi connectivity index (χ0n) is 32.4. The first kappa shape index (κ1) is 34.6. The van der Waals surface area contributed by atoms with Gasteiger partial charge in [0.15, 0.2) is 0 Å². The normalized spacial score (nSPS) is 12.5. The van der Waals surface area contributed by atoms with Gasteiger partial charge >= 0.3 is 0 Å². The first-order valence-electron chi connectivity index (χ1n) is 18.6. The number of benzene rings is 5. The van der Waals surface area contributed by atoms with E-state index in [4.69, 9.17) is 4.98 Å². The van der Waals surface area contributed by atoms with E-state index in [0.717, 1.165) is 17.8 Å². The quantitative estimate of drug-likeness (QED) is 0.165. The van der Waals surface area contributed by atoms with Crippen LogP contribution in [0.1, 0.15) is 101 Å². The van der Waals surface area contributed by atoms with Crippen molar-refractivity contribution in [2.24, 2.45) is 0 Å². The highest BCUT2D eigenvalue weighted by Crippen LogP contribution is 2.41. The number of fused-ring (bicyclic) bond motifs is 3. The lowest BCUT2D eigenvalue weighted by atomic mass is 9.86. The fraction of sp³-hybridized carbons (Fsp3) is 0.312. The van der Waals surface area contributed by atoms with E-state index in [0.29, 0.717) is 5.92 Å². The molecule has 0 saturated heterocycles. The summed E-state index contributed by atoms with van der Waals surface area (Å²) < 4.78 is 4.91. The van der Waals surface area contributed by atoms with Crippen molar-refractivity contribution in [1.29, 1.82) is 0 Å². The highest BCUT2D eigenvalue weighted by Gasteiger charge is 2.28. The van der Waals surface area contributed by atoms with Crippen LogP contribution in [0.5, 0.6) is 0 Å². The largest absolute Gasteiger partial charge is 0.309 e. The fourth-order valence-corrected chi connectivity index (χ4v) is 7.41. The Labute approximate surface area is 305 Å². The summed E-state index contributed by atoms with van der Waals surface area (Å²) in [7, 11) is 0. The first-order valence-corrected chi connectivity index (χ1v) is 18.6. The van der Waals surface area contributed by atoms with Gasteiger partial charge in [-0.3, -0.25) is 4.57 Å². The van der Waals surface area contributed by atoms with Crippen LogP contribution in [0, 0.1) is 20.8 Å². The predicted octanol–water partition coefficient (Wildman–Crippen LogP) is 13.3. The summed E-state index contributed by atoms with van der Waals surface area (Å²) >= 11 is 0. The van der Waals surface area contributed by atoms with E-state index in [2.05, 4.69) is 189 Å². The fourth-order valence-electron chi connectivity index (χ4n) is 7.41. The van der Waals surface area contributed by atoms with Crippen LogP contribution in [0.2, 0.25) is 0 Å². The smallest absolute Gasteiger partial charge is 0.144 e. The van der Waals surface area contributed by atoms with Gasteiger partial charge in [0.05, 0.1) is 16.7 Å². The van der Waals surface area contributed by atoms with Gasteiger partial charge in [-0.1, -0.05) is 103 Å². The lowest BCUT2D eigenvalue weighted by molar-refractivity contribution is 0.482. The summed E-state index contributed by atoms with van der Waals surface area (Å²) in [5.41, 5.74) is 16.2. The zero-order valence-corrected chi connectivity index (χ0v) is 32.4. The second kappa shape index (κ2) is 12.7. The Hall–Kier alpha value is -4.89. The zero-order chi connectivity index (χ0) is 36.4. The average Bonchev–Trinajstić information content (AvgIpc) is 3.68. The van der Waals surface area contributed by atoms with E-state index < -0.39 is 0 Å². The topological polar surface area (TPSA) is 22.8 Å². The molecule has 0 bridgehead atoms. The van der Waals surface area contributed by atoms with Gasteiger partial charge < -0.3 is 4.57 Å². The molecule has 0 radical (unpaired) electrons. The van der Waals surface area contributed by atoms with Gasteiger partial charge in [-0.15, -0.1) is 0 Å². The summed E-state index contributed by atoms with van der Waals surface area (Å²) in [5.74, 6) is 1.31. The molecule has 0 aliphatic rings. The highest BCUT2D eigenvalue weighted by molar-refractivity contribution is 6.11. The predicted molar refractivity (Wildman–Crippen MR) is 219 cm³/mol. The molecule has 0 aliphatic heterocycles. The minimum absolute atomic E-state index is 0.0582. The third-order valence-electron chi connectivity index (χ3n) is 11.2. The van der Waals surface area contributed by atoms with Crippen molar-refractivity contribution in [3.05, 3.63) is 137 Å². The molecular weight excluding hydrogens is 619 g/mol. The SMILES string of the molecule is CCC(C)(C)c1cnc(-c2ccc3c(c2)c2cc(C)c(C)cc2n3-c2cccc(C(C)(C)C)c2)n1-c1ccc(-c2ccc(C)cc2)cc1C(C)C. The molecule has 3 nitrogen and oxygen atoms in total. The van der Waals surface area contributed by atoms with Crippen LogP contribution in [0.3, 0.4) is 0 Å². The maximum absolute atomic E-state index is 5.25. The summed E-state index contributed by atoms with van der Waals surface area (Å²) in [6, 6.07) is 36.6. The number of aromatic nitrogens is 3. The van der Waals surface area contributed by atoms with Crippen molar-refractivity contribution in [2.75, 3.05) is 0 Å². The van der Waals surface area contributed by atoms with Gasteiger partial charge in [0.2, 0.25) is 0 Å². The standard InChI is InChI=1S/C48H53N3/c1-12-48(10,11)45-29-49-46(51(45)42-22-20-35(26-39(42)30(2)3)34-18-16-31(4)17-19-34)36-21-23-43-41(27-36)40-24-32(5)33(6)25-44(40)50(43)38-15-13-14-37(28-38)47(7,8)9/h13-30H,12H2,1-11H3. The Kier molecular flexibility index (Phi) is 8.61. The molecule has 2 heterocycles. The van der Waals surface area contributed by atoms with E-state index >= 15 is 0 Å². The maximum Gasteiger partial charge on any atom is 0.144 e. The molecular formula is C48H53N3. The molecule has 260 valence electrons. The lowest BCUT2D eigenvalue weighted by Gasteiger charge is -2.27. The molecule has 0 N–H and O–H groups in total. The van der Waals surface area contributed by atoms with Crippen molar-refractivity contribution in [3.63, 3.8) is 0 Å². The number of imidazole rings is 1. The number of hydrogen-bond acceptors (Lipinski definition) is 1. The Morgan fingerprint density at radius 3 is 2.00 bits per heavy atom. The first-order chi connectivity index (χ1) is 24.2. The molecule has 0 atom stereocenters. The van der Waals surface area contributed by atoms with Crippen LogP contribution in [0.15, 0.2) is 103 Å². The van der Waals surface area contributed by atoms with Crippen LogP contribution in [0.4, 0.5) is 0 Å². The van der Waals surface area contributed by atoms with E-state index in [1.54, 1.807) is 0 Å². The Bertz CT molecular complexity index is 2400. The molecule has 0 fully saturated rings. The van der Waals surface area contributed by atoms with Crippen molar-refractivity contribution in [1.82, 2.24) is 14.1 Å². The molecule has 5 aromatic carbocycles. The average molecular weight is 672 g/mol. The molecule has 0 spiro atoms. The highest BCUT2D eigenvalue weighted by atomic mass is 15.1. The van der Waals surface area contributed by atoms with Crippen LogP contribution >= 0.6 is 0 Å². The third kappa shape index (κ3) is 6.11. The Balaban J connectivity index is 1.48. The van der Waals surface area contributed by atoms with Crippen molar-refractivity contribution >= 4 is 21.8 Å². The third-order valence-corrected chi connectivity index (χ3v) is 11.2. The number of nitrogens with zero attached hydrogens (tertiary/aromatic N) is 3. The lowest BCUT2D eigenvalue weighted by Crippen LogP contribution is -2.21. The van der Waals surface area contributed by atoms with E-state index in [1.807, 2.05) is 0 Å². The maximum atomic E-state index is 5.25. The van der Waals surface area contributed by atoms with E-state index in [-0.39, 0.29) is 10.8 Å². The molecule has 51 heavy (non-hydrogen) atoms. The summed E-state index contributed by atoms with van der Waals surface area (Å²) in [6.45, 7) is 25.0. The van der Waals surface area contributed by atoms with Crippen LogP contribution in [-0.2, 0) is 10.8 Å². The molecule has 0 amide bonds. The number of aryl methyl sites for hydroxylation is 3. The molecule has 0 aliphatic carbocycles. The minimum atomic E-state index is -0.0675. The second-order valence-corrected chi connectivity index (χ2v) is 16.7. The second-order valence-electron chi connectivity index (χ2n) is 16.7. The molecule has 3 heteroatoms. The van der Waals surface area contributed by atoms with Crippen molar-refractivity contribution in [3.8, 4) is 33.9 Å². The van der Waals surface area contributed by atoms with Crippen LogP contribution < -0.4 is 0 Å². The number of hydrogen-bond donors (Lipinski definition) is 0. The summed E-state index contributed by atoms with van der Waals surface area (Å²) in [6.07, 6.45) is 3.13. The van der Waals surface area contributed by atoms with E-state index in [1.165, 1.54) is 77.8 Å². The number of rotatable bonds is 7. The molecule has 2 aromatic heterocycles. The van der Waals surface area contributed by atoms with Gasteiger partial charge in [-0.25, -0.2) is 4.98 Å². The van der Waals surface area contributed by atoms with E-state index in [9.17, 15) is 0 Å². The summed E-state index contributed by atoms with van der Waals surface area (Å²) in [4.78, 5) is 5.25. The molecule has 0 unspecified atom stereocenters. The van der Waals surface area contributed by atoms with Gasteiger partial charge in [-0.2, -0.15) is 0 Å². The monoisotopic (exact) mass is 671 g/mol. The Morgan fingerprint density at radius 1 is 0.647 bits per heavy atom. The van der Waals surface area contributed by atoms with Gasteiger partial charge in [0.1, 0.15) is 5.82 Å². The van der Waals surface area contributed by atoms with Crippen LogP contribution in [0.25, 0.3) is 55.7 Å². The van der Waals surface area contributed by atoms with Gasteiger partial charge in [0, 0.05) is 39.3 Å². The van der Waals surface area contributed by atoms with Crippen molar-refractivity contribution < 1.29 is 0 Å². The minimum Gasteiger partial charge on any atom is -0.309 e. The molecule has 7 aromatic rings. The van der Waals surface area contributed by atoms with Crippen LogP contribution in [-0.4, -0.2) is 14.1 Å².